The van der Waals surface area contributed by atoms with Crippen LogP contribution >= 0.6 is 0 Å². The number of nitrogens with zero attached hydrogens (tertiary/aromatic N) is 2. The molecule has 25 heavy (non-hydrogen) atoms. The lowest BCUT2D eigenvalue weighted by atomic mass is 9.87. The molecule has 1 saturated heterocycles. The van der Waals surface area contributed by atoms with Crippen molar-refractivity contribution in [1.82, 2.24) is 4.90 Å². The van der Waals surface area contributed by atoms with Crippen molar-refractivity contribution in [2.24, 2.45) is 0 Å². The molecule has 1 aliphatic heterocycles. The molecule has 0 spiro atoms. The molecule has 1 fully saturated rings. The second kappa shape index (κ2) is 7.09. The van der Waals surface area contributed by atoms with E-state index in [1.807, 2.05) is 0 Å². The van der Waals surface area contributed by atoms with Gasteiger partial charge in [0.1, 0.15) is 5.75 Å². The van der Waals surface area contributed by atoms with Gasteiger partial charge in [-0.3, -0.25) is 4.90 Å². The number of methoxy groups -OCH3 is 1. The molecule has 0 bridgehead atoms. The molecule has 2 aromatic carbocycles. The van der Waals surface area contributed by atoms with Crippen molar-refractivity contribution < 1.29 is 4.74 Å². The fraction of sp³-hybridized carbons (Fsp3) is 0.455. The van der Waals surface area contributed by atoms with E-state index in [0.717, 1.165) is 18.8 Å². The second-order valence-corrected chi connectivity index (χ2v) is 7.34. The number of benzene rings is 2. The molecular weight excluding hydrogens is 308 g/mol. The van der Waals surface area contributed by atoms with Crippen molar-refractivity contribution in [2.75, 3.05) is 38.2 Å². The Morgan fingerprint density at radius 2 is 1.76 bits per heavy atom. The summed E-state index contributed by atoms with van der Waals surface area (Å²) in [4.78, 5) is 5.26. The highest BCUT2D eigenvalue weighted by Crippen LogP contribution is 2.29. The summed E-state index contributed by atoms with van der Waals surface area (Å²) in [6.07, 6.45) is 3.63. The zero-order valence-electron chi connectivity index (χ0n) is 15.4. The molecule has 3 heteroatoms. The van der Waals surface area contributed by atoms with E-state index >= 15 is 0 Å². The van der Waals surface area contributed by atoms with Crippen LogP contribution in [0.4, 0.5) is 5.69 Å². The van der Waals surface area contributed by atoms with Crippen molar-refractivity contribution >= 4 is 5.69 Å². The van der Waals surface area contributed by atoms with Crippen molar-refractivity contribution in [3.8, 4) is 5.75 Å². The number of piperazine rings is 1. The molecule has 0 N–H and O–H groups in total. The topological polar surface area (TPSA) is 15.7 Å². The summed E-state index contributed by atoms with van der Waals surface area (Å²) < 4.78 is 5.37. The molecule has 0 radical (unpaired) electrons. The monoisotopic (exact) mass is 336 g/mol. The van der Waals surface area contributed by atoms with E-state index in [1.54, 1.807) is 7.11 Å². The van der Waals surface area contributed by atoms with Gasteiger partial charge in [-0.2, -0.15) is 0 Å². The summed E-state index contributed by atoms with van der Waals surface area (Å²) >= 11 is 0. The SMILES string of the molecule is COc1ccc2c(c1)CCC(N1CCN(c3ccccc3C)CC1)C2. The number of hydrogen-bond acceptors (Lipinski definition) is 3. The van der Waals surface area contributed by atoms with Crippen LogP contribution in [-0.2, 0) is 12.8 Å². The highest BCUT2D eigenvalue weighted by atomic mass is 16.5. The number of fused-ring (bicyclic) bond motifs is 1. The maximum absolute atomic E-state index is 5.37. The first-order valence-corrected chi connectivity index (χ1v) is 9.45. The average Bonchev–Trinajstić information content (AvgIpc) is 2.68. The summed E-state index contributed by atoms with van der Waals surface area (Å²) in [6.45, 7) is 6.83. The Bertz CT molecular complexity index is 735. The molecule has 1 heterocycles. The lowest BCUT2D eigenvalue weighted by Gasteiger charge is -2.42. The third-order valence-corrected chi connectivity index (χ3v) is 5.90. The Balaban J connectivity index is 1.39. The molecular formula is C22H28N2O. The lowest BCUT2D eigenvalue weighted by molar-refractivity contribution is 0.170. The first-order valence-electron chi connectivity index (χ1n) is 9.45. The zero-order valence-corrected chi connectivity index (χ0v) is 15.4. The number of rotatable bonds is 3. The van der Waals surface area contributed by atoms with E-state index < -0.39 is 0 Å². The Labute approximate surface area is 151 Å². The van der Waals surface area contributed by atoms with Gasteiger partial charge in [0.05, 0.1) is 7.11 Å². The second-order valence-electron chi connectivity index (χ2n) is 7.34. The van der Waals surface area contributed by atoms with E-state index in [-0.39, 0.29) is 0 Å². The van der Waals surface area contributed by atoms with E-state index in [1.165, 1.54) is 54.7 Å². The predicted octanol–water partition coefficient (Wildman–Crippen LogP) is 3.68. The number of ether oxygens (including phenoxy) is 1. The van der Waals surface area contributed by atoms with Gasteiger partial charge in [-0.25, -0.2) is 0 Å². The molecule has 0 aromatic heterocycles. The fourth-order valence-electron chi connectivity index (χ4n) is 4.40. The number of anilines is 1. The molecule has 1 aliphatic carbocycles. The number of aryl methyl sites for hydroxylation is 2. The summed E-state index contributed by atoms with van der Waals surface area (Å²) in [5, 5.41) is 0. The fourth-order valence-corrected chi connectivity index (χ4v) is 4.40. The minimum absolute atomic E-state index is 0.694. The molecule has 3 nitrogen and oxygen atoms in total. The Hall–Kier alpha value is -2.00. The third-order valence-electron chi connectivity index (χ3n) is 5.90. The predicted molar refractivity (Wildman–Crippen MR) is 104 cm³/mol. The Kier molecular flexibility index (Phi) is 4.67. The molecule has 132 valence electrons. The highest BCUT2D eigenvalue weighted by Gasteiger charge is 2.27. The molecule has 1 atom stereocenters. The van der Waals surface area contributed by atoms with Crippen molar-refractivity contribution in [2.45, 2.75) is 32.2 Å². The van der Waals surface area contributed by atoms with Crippen LogP contribution in [0.1, 0.15) is 23.1 Å². The van der Waals surface area contributed by atoms with Crippen LogP contribution in [0.2, 0.25) is 0 Å². The smallest absolute Gasteiger partial charge is 0.119 e. The third kappa shape index (κ3) is 3.38. The summed E-state index contributed by atoms with van der Waals surface area (Å²) in [5.74, 6) is 0.990. The van der Waals surface area contributed by atoms with Gasteiger partial charge >= 0.3 is 0 Å². The normalized spacial score (nSPS) is 21.0. The largest absolute Gasteiger partial charge is 0.497 e. The molecule has 0 amide bonds. The van der Waals surface area contributed by atoms with Crippen LogP contribution in [-0.4, -0.2) is 44.2 Å². The van der Waals surface area contributed by atoms with Gasteiger partial charge in [-0.15, -0.1) is 0 Å². The van der Waals surface area contributed by atoms with Gasteiger partial charge in [0.2, 0.25) is 0 Å². The standard InChI is InChI=1S/C22H28N2O/c1-17-5-3-4-6-22(17)24-13-11-23(12-14-24)20-9-7-19-16-21(25-2)10-8-18(19)15-20/h3-6,8,10,16,20H,7,9,11-15H2,1-2H3. The number of hydrogen-bond donors (Lipinski definition) is 0. The molecule has 2 aliphatic rings. The van der Waals surface area contributed by atoms with Gasteiger partial charge in [0, 0.05) is 37.9 Å². The maximum Gasteiger partial charge on any atom is 0.119 e. The molecule has 0 saturated carbocycles. The van der Waals surface area contributed by atoms with E-state index in [2.05, 4.69) is 59.2 Å². The van der Waals surface area contributed by atoms with E-state index in [9.17, 15) is 0 Å². The minimum Gasteiger partial charge on any atom is -0.497 e. The minimum atomic E-state index is 0.694. The van der Waals surface area contributed by atoms with Crippen molar-refractivity contribution in [1.29, 1.82) is 0 Å². The first kappa shape index (κ1) is 16.5. The van der Waals surface area contributed by atoms with E-state index in [0.29, 0.717) is 6.04 Å². The maximum atomic E-state index is 5.37. The van der Waals surface area contributed by atoms with Crippen LogP contribution in [0.5, 0.6) is 5.75 Å². The quantitative estimate of drug-likeness (QED) is 0.850. The van der Waals surface area contributed by atoms with Crippen LogP contribution in [0.3, 0.4) is 0 Å². The summed E-state index contributed by atoms with van der Waals surface area (Å²) in [5.41, 5.74) is 5.78. The van der Waals surface area contributed by atoms with Crippen LogP contribution in [0.25, 0.3) is 0 Å². The van der Waals surface area contributed by atoms with Crippen molar-refractivity contribution in [3.63, 3.8) is 0 Å². The first-order chi connectivity index (χ1) is 12.2. The van der Waals surface area contributed by atoms with Gasteiger partial charge in [-0.05, 0) is 61.1 Å². The van der Waals surface area contributed by atoms with E-state index in [4.69, 9.17) is 4.74 Å². The average molecular weight is 336 g/mol. The Morgan fingerprint density at radius 1 is 0.960 bits per heavy atom. The van der Waals surface area contributed by atoms with Crippen LogP contribution < -0.4 is 9.64 Å². The van der Waals surface area contributed by atoms with Gasteiger partial charge in [0.25, 0.3) is 0 Å². The van der Waals surface area contributed by atoms with Gasteiger partial charge in [0.15, 0.2) is 0 Å². The molecule has 2 aromatic rings. The summed E-state index contributed by atoms with van der Waals surface area (Å²) in [6, 6.07) is 16.1. The van der Waals surface area contributed by atoms with Crippen molar-refractivity contribution in [3.05, 3.63) is 59.2 Å². The zero-order chi connectivity index (χ0) is 17.2. The van der Waals surface area contributed by atoms with Gasteiger partial charge in [-0.1, -0.05) is 24.3 Å². The number of para-hydroxylation sites is 1. The van der Waals surface area contributed by atoms with Gasteiger partial charge < -0.3 is 9.64 Å². The lowest BCUT2D eigenvalue weighted by Crippen LogP contribution is -2.51. The van der Waals surface area contributed by atoms with Crippen LogP contribution in [0, 0.1) is 6.92 Å². The summed E-state index contributed by atoms with van der Waals surface area (Å²) in [7, 11) is 1.75. The Morgan fingerprint density at radius 3 is 2.52 bits per heavy atom. The molecule has 4 rings (SSSR count). The molecule has 1 unspecified atom stereocenters. The highest BCUT2D eigenvalue weighted by molar-refractivity contribution is 5.53. The van der Waals surface area contributed by atoms with Crippen LogP contribution in [0.15, 0.2) is 42.5 Å².